The highest BCUT2D eigenvalue weighted by atomic mass is 19.4. The molecule has 0 aromatic rings. The van der Waals surface area contributed by atoms with Gasteiger partial charge in [0, 0.05) is 19.1 Å². The molecule has 1 rings (SSSR count). The fraction of sp³-hybridized carbons (Fsp3) is 1.00. The highest BCUT2D eigenvalue weighted by molar-refractivity contribution is 4.92. The molecule has 1 aliphatic heterocycles. The van der Waals surface area contributed by atoms with E-state index >= 15 is 0 Å². The maximum absolute atomic E-state index is 12.9. The zero-order valence-corrected chi connectivity index (χ0v) is 10.7. The van der Waals surface area contributed by atoms with Crippen LogP contribution >= 0.6 is 0 Å². The Hall–Kier alpha value is -0.330. The molecule has 17 heavy (non-hydrogen) atoms. The Morgan fingerprint density at radius 1 is 1.35 bits per heavy atom. The number of nitrogens with zero attached hydrogens (tertiary/aromatic N) is 2. The Balaban J connectivity index is 2.72. The molecule has 0 saturated carbocycles. The molecule has 0 bridgehead atoms. The molecule has 0 aromatic carbocycles. The van der Waals surface area contributed by atoms with Gasteiger partial charge in [0.15, 0.2) is 0 Å². The smallest absolute Gasteiger partial charge is 0.330 e. The van der Waals surface area contributed by atoms with Crippen LogP contribution in [0.2, 0.25) is 0 Å². The Kier molecular flexibility index (Phi) is 4.80. The standard InChI is InChI=1S/C11H22F3N3/c1-8-6-17(7-9(8)16(2)3)10(4-5-15)11(12,13)14/h8-10H,4-7,15H2,1-3H3. The largest absolute Gasteiger partial charge is 0.404 e. The normalized spacial score (nSPS) is 28.9. The van der Waals surface area contributed by atoms with E-state index in [9.17, 15) is 13.2 Å². The maximum Gasteiger partial charge on any atom is 0.404 e. The number of likely N-dealkylation sites (tertiary alicyclic amines) is 1. The van der Waals surface area contributed by atoms with Gasteiger partial charge in [0.2, 0.25) is 0 Å². The van der Waals surface area contributed by atoms with Crippen molar-refractivity contribution in [3.63, 3.8) is 0 Å². The van der Waals surface area contributed by atoms with Crippen LogP contribution in [-0.4, -0.2) is 61.8 Å². The third-order valence-electron chi connectivity index (χ3n) is 3.52. The van der Waals surface area contributed by atoms with Gasteiger partial charge in [-0.25, -0.2) is 0 Å². The molecular weight excluding hydrogens is 231 g/mol. The zero-order chi connectivity index (χ0) is 13.2. The monoisotopic (exact) mass is 253 g/mol. The highest BCUT2D eigenvalue weighted by Crippen LogP contribution is 2.32. The summed E-state index contributed by atoms with van der Waals surface area (Å²) in [7, 11) is 3.83. The van der Waals surface area contributed by atoms with E-state index in [0.717, 1.165) is 0 Å². The van der Waals surface area contributed by atoms with E-state index in [2.05, 4.69) is 0 Å². The number of rotatable bonds is 4. The number of hydrogen-bond donors (Lipinski definition) is 1. The van der Waals surface area contributed by atoms with Crippen molar-refractivity contribution in [1.82, 2.24) is 9.80 Å². The first-order chi connectivity index (χ1) is 7.77. The minimum absolute atomic E-state index is 0.0175. The zero-order valence-electron chi connectivity index (χ0n) is 10.7. The molecule has 3 atom stereocenters. The van der Waals surface area contributed by atoms with Crippen LogP contribution in [0.25, 0.3) is 0 Å². The van der Waals surface area contributed by atoms with Crippen LogP contribution in [-0.2, 0) is 0 Å². The molecule has 2 N–H and O–H groups in total. The van der Waals surface area contributed by atoms with Crippen molar-refractivity contribution in [3.05, 3.63) is 0 Å². The second-order valence-corrected chi connectivity index (χ2v) is 5.10. The molecule has 0 spiro atoms. The summed E-state index contributed by atoms with van der Waals surface area (Å²) in [4.78, 5) is 3.53. The predicted molar refractivity (Wildman–Crippen MR) is 61.7 cm³/mol. The summed E-state index contributed by atoms with van der Waals surface area (Å²) < 4.78 is 38.7. The lowest BCUT2D eigenvalue weighted by Crippen LogP contribution is -2.46. The van der Waals surface area contributed by atoms with Crippen molar-refractivity contribution >= 4 is 0 Å². The van der Waals surface area contributed by atoms with Crippen LogP contribution in [0.3, 0.4) is 0 Å². The van der Waals surface area contributed by atoms with Gasteiger partial charge in [-0.1, -0.05) is 6.92 Å². The molecular formula is C11H22F3N3. The van der Waals surface area contributed by atoms with Gasteiger partial charge in [-0.05, 0) is 33.0 Å². The quantitative estimate of drug-likeness (QED) is 0.815. The van der Waals surface area contributed by atoms with Gasteiger partial charge in [0.1, 0.15) is 6.04 Å². The van der Waals surface area contributed by atoms with Gasteiger partial charge in [-0.2, -0.15) is 13.2 Å². The van der Waals surface area contributed by atoms with Gasteiger partial charge in [-0.15, -0.1) is 0 Å². The van der Waals surface area contributed by atoms with Crippen molar-refractivity contribution in [2.75, 3.05) is 33.7 Å². The minimum atomic E-state index is -4.18. The second kappa shape index (κ2) is 5.54. The van der Waals surface area contributed by atoms with Gasteiger partial charge >= 0.3 is 6.18 Å². The van der Waals surface area contributed by atoms with E-state index in [1.807, 2.05) is 25.9 Å². The van der Waals surface area contributed by atoms with E-state index in [1.54, 1.807) is 0 Å². The van der Waals surface area contributed by atoms with Crippen LogP contribution in [0.5, 0.6) is 0 Å². The van der Waals surface area contributed by atoms with Crippen molar-refractivity contribution in [2.24, 2.45) is 11.7 Å². The maximum atomic E-state index is 12.9. The Labute approximate surface area is 101 Å². The lowest BCUT2D eigenvalue weighted by molar-refractivity contribution is -0.182. The molecule has 3 nitrogen and oxygen atoms in total. The Bertz CT molecular complexity index is 243. The SMILES string of the molecule is CC1CN(C(CCN)C(F)(F)F)CC1N(C)C. The molecule has 1 heterocycles. The third kappa shape index (κ3) is 3.56. The molecule has 0 aromatic heterocycles. The van der Waals surface area contributed by atoms with E-state index < -0.39 is 12.2 Å². The van der Waals surface area contributed by atoms with Crippen molar-refractivity contribution < 1.29 is 13.2 Å². The van der Waals surface area contributed by atoms with Crippen LogP contribution in [0, 0.1) is 5.92 Å². The average molecular weight is 253 g/mol. The first-order valence-corrected chi connectivity index (χ1v) is 5.94. The third-order valence-corrected chi connectivity index (χ3v) is 3.52. The van der Waals surface area contributed by atoms with Gasteiger partial charge < -0.3 is 10.6 Å². The van der Waals surface area contributed by atoms with Crippen LogP contribution in [0.15, 0.2) is 0 Å². The van der Waals surface area contributed by atoms with Crippen LogP contribution < -0.4 is 5.73 Å². The molecule has 6 heteroatoms. The molecule has 102 valence electrons. The fourth-order valence-electron chi connectivity index (χ4n) is 2.62. The lowest BCUT2D eigenvalue weighted by Gasteiger charge is -2.30. The van der Waals surface area contributed by atoms with Crippen LogP contribution in [0.4, 0.5) is 13.2 Å². The van der Waals surface area contributed by atoms with Crippen molar-refractivity contribution in [2.45, 2.75) is 31.6 Å². The molecule has 3 unspecified atom stereocenters. The molecule has 0 amide bonds. The summed E-state index contributed by atoms with van der Waals surface area (Å²) in [6.45, 7) is 3.04. The highest BCUT2D eigenvalue weighted by Gasteiger charge is 2.46. The fourth-order valence-corrected chi connectivity index (χ4v) is 2.62. The number of halogens is 3. The summed E-state index contributed by atoms with van der Waals surface area (Å²) in [6.07, 6.45) is -4.20. The van der Waals surface area contributed by atoms with Gasteiger partial charge in [0.05, 0.1) is 0 Å². The summed E-state index contributed by atoms with van der Waals surface area (Å²) in [6, 6.07) is -1.20. The second-order valence-electron chi connectivity index (χ2n) is 5.10. The molecule has 0 radical (unpaired) electrons. The summed E-state index contributed by atoms with van der Waals surface area (Å²) in [5, 5.41) is 0. The lowest BCUT2D eigenvalue weighted by atomic mass is 10.1. The average Bonchev–Trinajstić information content (AvgIpc) is 2.54. The van der Waals surface area contributed by atoms with Gasteiger partial charge in [0.25, 0.3) is 0 Å². The topological polar surface area (TPSA) is 32.5 Å². The number of likely N-dealkylation sites (N-methyl/N-ethyl adjacent to an activating group) is 1. The molecule has 0 aliphatic carbocycles. The van der Waals surface area contributed by atoms with Gasteiger partial charge in [-0.3, -0.25) is 4.90 Å². The summed E-state index contributed by atoms with van der Waals surface area (Å²) in [5.41, 5.74) is 5.29. The van der Waals surface area contributed by atoms with E-state index in [1.165, 1.54) is 4.90 Å². The first kappa shape index (κ1) is 14.7. The van der Waals surface area contributed by atoms with E-state index in [4.69, 9.17) is 5.73 Å². The van der Waals surface area contributed by atoms with E-state index in [-0.39, 0.29) is 24.9 Å². The van der Waals surface area contributed by atoms with Crippen molar-refractivity contribution in [1.29, 1.82) is 0 Å². The number of alkyl halides is 3. The molecule has 1 saturated heterocycles. The van der Waals surface area contributed by atoms with Crippen molar-refractivity contribution in [3.8, 4) is 0 Å². The van der Waals surface area contributed by atoms with Crippen LogP contribution in [0.1, 0.15) is 13.3 Å². The minimum Gasteiger partial charge on any atom is -0.330 e. The van der Waals surface area contributed by atoms with E-state index in [0.29, 0.717) is 13.1 Å². The molecule has 1 aliphatic rings. The Morgan fingerprint density at radius 2 is 1.94 bits per heavy atom. The Morgan fingerprint density at radius 3 is 2.29 bits per heavy atom. The number of nitrogens with two attached hydrogens (primary N) is 1. The summed E-state index contributed by atoms with van der Waals surface area (Å²) >= 11 is 0. The summed E-state index contributed by atoms with van der Waals surface area (Å²) in [5.74, 6) is 0.257. The first-order valence-electron chi connectivity index (χ1n) is 5.94. The molecule has 1 fully saturated rings. The predicted octanol–water partition coefficient (Wildman–Crippen LogP) is 1.15. The number of hydrogen-bond acceptors (Lipinski definition) is 3.